The highest BCUT2D eigenvalue weighted by Crippen LogP contribution is 2.33. The van der Waals surface area contributed by atoms with E-state index in [1.54, 1.807) is 6.07 Å². The number of imidazole rings is 1. The summed E-state index contributed by atoms with van der Waals surface area (Å²) in [5, 5.41) is 0. The van der Waals surface area contributed by atoms with Gasteiger partial charge in [-0.1, -0.05) is 40.2 Å². The highest BCUT2D eigenvalue weighted by Gasteiger charge is 2.34. The summed E-state index contributed by atoms with van der Waals surface area (Å²) < 4.78 is 45.2. The van der Waals surface area contributed by atoms with Gasteiger partial charge < -0.3 is 17.0 Å². The van der Waals surface area contributed by atoms with E-state index < -0.39 is 11.7 Å². The smallest absolute Gasteiger partial charge is 0.416 e. The zero-order chi connectivity index (χ0) is 20.9. The van der Waals surface area contributed by atoms with Gasteiger partial charge in [-0.2, -0.15) is 22.3 Å². The number of hydrogen-bond donors (Lipinski definition) is 0. The molecule has 3 aromatic carbocycles. The second-order valence-electron chi connectivity index (χ2n) is 7.32. The fourth-order valence-electron chi connectivity index (χ4n) is 4.08. The second kappa shape index (κ2) is 8.28. The van der Waals surface area contributed by atoms with Crippen LogP contribution in [0.15, 0.2) is 83.5 Å². The van der Waals surface area contributed by atoms with Crippen LogP contribution in [0.2, 0.25) is 0 Å². The summed E-state index contributed by atoms with van der Waals surface area (Å²) in [6, 6.07) is 21.5. The van der Waals surface area contributed by atoms with Crippen molar-refractivity contribution in [3.05, 3.63) is 100 Å². The Bertz CT molecular complexity index is 1240. The lowest BCUT2D eigenvalue weighted by Gasteiger charge is -2.14. The molecule has 0 saturated heterocycles. The normalized spacial score (nSPS) is 12.6. The number of hydrogen-bond acceptors (Lipinski definition) is 0. The molecule has 5 rings (SSSR count). The van der Waals surface area contributed by atoms with E-state index in [0.29, 0.717) is 5.69 Å². The molecule has 0 spiro atoms. The molecule has 31 heavy (non-hydrogen) atoms. The number of para-hydroxylation sites is 1. The number of alkyl halides is 3. The molecular formula is C24H17Br2F3N2. The lowest BCUT2D eigenvalue weighted by Crippen LogP contribution is -3.00. The maximum Gasteiger partial charge on any atom is 0.416 e. The summed E-state index contributed by atoms with van der Waals surface area (Å²) in [6.45, 7) is 0. The van der Waals surface area contributed by atoms with Gasteiger partial charge >= 0.3 is 6.18 Å². The zero-order valence-corrected chi connectivity index (χ0v) is 19.4. The van der Waals surface area contributed by atoms with Crippen molar-refractivity contribution >= 4 is 15.9 Å². The molecule has 1 aliphatic rings. The lowest BCUT2D eigenvalue weighted by molar-refractivity contribution is -0.606. The third kappa shape index (κ3) is 3.96. The molecule has 0 unspecified atom stereocenters. The summed E-state index contributed by atoms with van der Waals surface area (Å²) in [7, 11) is 0. The number of fused-ring (bicyclic) bond motifs is 3. The van der Waals surface area contributed by atoms with Crippen molar-refractivity contribution in [2.75, 3.05) is 0 Å². The van der Waals surface area contributed by atoms with E-state index in [1.807, 2.05) is 47.2 Å². The largest absolute Gasteiger partial charge is 1.00 e. The Hall–Kier alpha value is -2.38. The molecule has 4 aromatic rings. The monoisotopic (exact) mass is 548 g/mol. The minimum absolute atomic E-state index is 0. The molecule has 2 nitrogen and oxygen atoms in total. The fourth-order valence-corrected chi connectivity index (χ4v) is 4.34. The number of aromatic nitrogens is 2. The molecule has 158 valence electrons. The van der Waals surface area contributed by atoms with Crippen LogP contribution in [-0.2, 0) is 19.0 Å². The van der Waals surface area contributed by atoms with Crippen LogP contribution >= 0.6 is 15.9 Å². The predicted octanol–water partition coefficient (Wildman–Crippen LogP) is 3.30. The molecule has 0 fully saturated rings. The predicted molar refractivity (Wildman–Crippen MR) is 113 cm³/mol. The van der Waals surface area contributed by atoms with Crippen molar-refractivity contribution < 1.29 is 34.7 Å². The zero-order valence-electron chi connectivity index (χ0n) is 16.2. The van der Waals surface area contributed by atoms with Crippen molar-refractivity contribution in [2.24, 2.45) is 0 Å². The Kier molecular flexibility index (Phi) is 5.83. The first kappa shape index (κ1) is 21.8. The highest BCUT2D eigenvalue weighted by molar-refractivity contribution is 9.10. The summed E-state index contributed by atoms with van der Waals surface area (Å²) in [5.41, 5.74) is 3.96. The lowest BCUT2D eigenvalue weighted by atomic mass is 10.0. The number of aryl methyl sites for hydroxylation is 1. The molecule has 0 saturated carbocycles. The Morgan fingerprint density at radius 2 is 1.61 bits per heavy atom. The van der Waals surface area contributed by atoms with E-state index in [2.05, 4.69) is 32.6 Å². The van der Waals surface area contributed by atoms with Gasteiger partial charge in [0.05, 0.1) is 12.0 Å². The van der Waals surface area contributed by atoms with Crippen LogP contribution in [0.25, 0.3) is 22.6 Å². The van der Waals surface area contributed by atoms with Crippen molar-refractivity contribution in [1.82, 2.24) is 4.57 Å². The maximum absolute atomic E-state index is 13.4. The number of nitrogens with zero attached hydrogens (tertiary/aromatic N) is 2. The molecule has 0 atom stereocenters. The van der Waals surface area contributed by atoms with Gasteiger partial charge in [0.2, 0.25) is 0 Å². The highest BCUT2D eigenvalue weighted by atomic mass is 79.9. The van der Waals surface area contributed by atoms with Gasteiger partial charge in [-0.15, -0.1) is 0 Å². The Morgan fingerprint density at radius 3 is 2.35 bits per heavy atom. The van der Waals surface area contributed by atoms with Gasteiger partial charge in [0.1, 0.15) is 17.6 Å². The van der Waals surface area contributed by atoms with Gasteiger partial charge in [-0.05, 0) is 60.5 Å². The first-order chi connectivity index (χ1) is 14.4. The Morgan fingerprint density at radius 1 is 0.871 bits per heavy atom. The van der Waals surface area contributed by atoms with Crippen LogP contribution in [0.4, 0.5) is 13.2 Å². The first-order valence-electron chi connectivity index (χ1n) is 9.60. The SMILES string of the molecule is FC(F)(F)c1cccc(-n2c(-c3ccc(Br)cc3)c[n+]3c2CCc2ccccc2-3)c1.[Br-]. The average molecular weight is 550 g/mol. The number of benzene rings is 3. The van der Waals surface area contributed by atoms with Crippen molar-refractivity contribution in [3.63, 3.8) is 0 Å². The summed E-state index contributed by atoms with van der Waals surface area (Å²) >= 11 is 3.45. The van der Waals surface area contributed by atoms with Gasteiger partial charge in [0.15, 0.2) is 5.69 Å². The molecule has 0 amide bonds. The summed E-state index contributed by atoms with van der Waals surface area (Å²) in [5.74, 6) is 0.964. The van der Waals surface area contributed by atoms with Crippen LogP contribution in [0, 0.1) is 0 Å². The van der Waals surface area contributed by atoms with E-state index in [-0.39, 0.29) is 17.0 Å². The Labute approximate surface area is 196 Å². The molecule has 0 radical (unpaired) electrons. The van der Waals surface area contributed by atoms with E-state index in [9.17, 15) is 13.2 Å². The minimum atomic E-state index is -4.39. The average Bonchev–Trinajstić information content (AvgIpc) is 3.14. The third-order valence-corrected chi connectivity index (χ3v) is 6.00. The van der Waals surface area contributed by atoms with E-state index in [0.717, 1.165) is 46.1 Å². The maximum atomic E-state index is 13.4. The number of rotatable bonds is 2. The van der Waals surface area contributed by atoms with Gasteiger partial charge in [-0.3, -0.25) is 0 Å². The molecule has 1 aliphatic heterocycles. The molecule has 7 heteroatoms. The van der Waals surface area contributed by atoms with Crippen LogP contribution in [0.3, 0.4) is 0 Å². The summed E-state index contributed by atoms with van der Waals surface area (Å²) in [6.07, 6.45) is -0.777. The molecular weight excluding hydrogens is 533 g/mol. The number of halogens is 5. The summed E-state index contributed by atoms with van der Waals surface area (Å²) in [4.78, 5) is 0. The topological polar surface area (TPSA) is 8.81 Å². The third-order valence-electron chi connectivity index (χ3n) is 5.47. The van der Waals surface area contributed by atoms with E-state index in [4.69, 9.17) is 0 Å². The Balaban J connectivity index is 0.00000231. The van der Waals surface area contributed by atoms with Crippen LogP contribution < -0.4 is 21.5 Å². The van der Waals surface area contributed by atoms with Crippen LogP contribution in [-0.4, -0.2) is 4.57 Å². The van der Waals surface area contributed by atoms with Crippen LogP contribution in [0.5, 0.6) is 0 Å². The fraction of sp³-hybridized carbons (Fsp3) is 0.125. The minimum Gasteiger partial charge on any atom is -1.00 e. The molecule has 0 aliphatic carbocycles. The molecule has 0 N–H and O–H groups in total. The van der Waals surface area contributed by atoms with Gasteiger partial charge in [0.25, 0.3) is 5.82 Å². The van der Waals surface area contributed by atoms with Crippen LogP contribution in [0.1, 0.15) is 17.0 Å². The molecule has 0 bridgehead atoms. The van der Waals surface area contributed by atoms with Crippen molar-refractivity contribution in [1.29, 1.82) is 0 Å². The molecule has 1 aromatic heterocycles. The molecule has 2 heterocycles. The first-order valence-corrected chi connectivity index (χ1v) is 10.4. The van der Waals surface area contributed by atoms with Crippen molar-refractivity contribution in [3.8, 4) is 22.6 Å². The van der Waals surface area contributed by atoms with Gasteiger partial charge in [-0.25, -0.2) is 0 Å². The quantitative estimate of drug-likeness (QED) is 0.339. The van der Waals surface area contributed by atoms with E-state index >= 15 is 0 Å². The second-order valence-corrected chi connectivity index (χ2v) is 8.24. The van der Waals surface area contributed by atoms with Crippen molar-refractivity contribution in [2.45, 2.75) is 19.0 Å². The standard InChI is InChI=1S/C24H17BrF3N2.BrH/c25-19-11-8-17(9-12-19)22-15-29-21-7-2-1-4-16(21)10-13-23(29)30(22)20-6-3-5-18(14-20)24(26,27)28;/h1-9,11-12,14-15H,10,13H2;1H/q+1;/p-1. The van der Waals surface area contributed by atoms with E-state index in [1.165, 1.54) is 17.7 Å². The van der Waals surface area contributed by atoms with Gasteiger partial charge in [0, 0.05) is 10.0 Å².